The van der Waals surface area contributed by atoms with E-state index in [1.54, 1.807) is 0 Å². The molecule has 0 aromatic heterocycles. The predicted octanol–water partition coefficient (Wildman–Crippen LogP) is 5.24. The molecule has 0 N–H and O–H groups in total. The Balaban J connectivity index is 1.37. The second-order valence-corrected chi connectivity index (χ2v) is 8.65. The SMILES string of the molecule is C(=N/N1CC1c1ccccc1)/[C@]12OCCC[C@@H]1CCCC2Cc1ccccc1. The van der Waals surface area contributed by atoms with Crippen LogP contribution in [0.2, 0.25) is 0 Å². The Morgan fingerprint density at radius 3 is 2.54 bits per heavy atom. The van der Waals surface area contributed by atoms with Gasteiger partial charge < -0.3 is 4.74 Å². The van der Waals surface area contributed by atoms with Gasteiger partial charge in [-0.15, -0.1) is 0 Å². The molecule has 3 aliphatic rings. The standard InChI is InChI=1S/C25H30N2O/c1-3-9-20(10-4-1)17-23-14-7-13-22-15-8-16-28-25(22,23)19-26-27-18-24(27)21-11-5-2-6-12-21/h1-6,9-12,19,22-24H,7-8,13-18H2/b26-19-/t22-,23?,24?,25-,27?/m0/s1. The molecular formula is C25H30N2O. The Kier molecular flexibility index (Phi) is 4.94. The predicted molar refractivity (Wildman–Crippen MR) is 113 cm³/mol. The van der Waals surface area contributed by atoms with Crippen LogP contribution < -0.4 is 0 Å². The van der Waals surface area contributed by atoms with Crippen LogP contribution in [-0.2, 0) is 11.2 Å². The average molecular weight is 375 g/mol. The lowest BCUT2D eigenvalue weighted by atomic mass is 9.64. The molecule has 0 amide bonds. The monoisotopic (exact) mass is 374 g/mol. The first-order valence-electron chi connectivity index (χ1n) is 10.9. The van der Waals surface area contributed by atoms with Crippen LogP contribution in [0, 0.1) is 11.8 Å². The van der Waals surface area contributed by atoms with Crippen molar-refractivity contribution >= 4 is 6.21 Å². The van der Waals surface area contributed by atoms with Crippen LogP contribution >= 0.6 is 0 Å². The van der Waals surface area contributed by atoms with E-state index >= 15 is 0 Å². The third-order valence-corrected chi connectivity index (χ3v) is 6.93. The van der Waals surface area contributed by atoms with Crippen molar-refractivity contribution < 1.29 is 4.74 Å². The zero-order valence-electron chi connectivity index (χ0n) is 16.5. The van der Waals surface area contributed by atoms with E-state index in [1.165, 1.54) is 43.2 Å². The summed E-state index contributed by atoms with van der Waals surface area (Å²) < 4.78 is 6.60. The van der Waals surface area contributed by atoms with E-state index in [2.05, 4.69) is 71.9 Å². The Labute approximate surface area is 168 Å². The van der Waals surface area contributed by atoms with Crippen LogP contribution in [0.4, 0.5) is 0 Å². The molecule has 2 heterocycles. The average Bonchev–Trinajstić information content (AvgIpc) is 3.54. The van der Waals surface area contributed by atoms with Crippen molar-refractivity contribution in [2.24, 2.45) is 16.9 Å². The molecule has 1 aliphatic carbocycles. The lowest BCUT2D eigenvalue weighted by Gasteiger charge is -2.50. The molecule has 5 rings (SSSR count). The van der Waals surface area contributed by atoms with E-state index in [4.69, 9.17) is 9.84 Å². The van der Waals surface area contributed by atoms with Crippen LogP contribution in [0.15, 0.2) is 65.8 Å². The van der Waals surface area contributed by atoms with Gasteiger partial charge in [-0.3, -0.25) is 5.01 Å². The van der Waals surface area contributed by atoms with Gasteiger partial charge in [-0.25, -0.2) is 0 Å². The largest absolute Gasteiger partial charge is 0.369 e. The van der Waals surface area contributed by atoms with Crippen molar-refractivity contribution in [1.29, 1.82) is 0 Å². The molecule has 146 valence electrons. The van der Waals surface area contributed by atoms with E-state index < -0.39 is 0 Å². The maximum Gasteiger partial charge on any atom is 0.111 e. The molecule has 2 saturated heterocycles. The van der Waals surface area contributed by atoms with Crippen LogP contribution in [0.1, 0.15) is 49.3 Å². The molecule has 2 unspecified atom stereocenters. The van der Waals surface area contributed by atoms with Gasteiger partial charge in [0.1, 0.15) is 5.60 Å². The minimum absolute atomic E-state index is 0.184. The van der Waals surface area contributed by atoms with Gasteiger partial charge in [-0.1, -0.05) is 67.1 Å². The van der Waals surface area contributed by atoms with Crippen LogP contribution in [-0.4, -0.2) is 30.0 Å². The first kappa shape index (κ1) is 17.9. The summed E-state index contributed by atoms with van der Waals surface area (Å²) >= 11 is 0. The first-order chi connectivity index (χ1) is 13.9. The smallest absolute Gasteiger partial charge is 0.111 e. The molecule has 0 radical (unpaired) electrons. The molecule has 0 bridgehead atoms. The van der Waals surface area contributed by atoms with Gasteiger partial charge in [0.05, 0.1) is 18.8 Å². The number of hydrogen-bond acceptors (Lipinski definition) is 3. The summed E-state index contributed by atoms with van der Waals surface area (Å²) in [6.07, 6.45) is 9.60. The number of fused-ring (bicyclic) bond motifs is 1. The van der Waals surface area contributed by atoms with Gasteiger partial charge in [0.2, 0.25) is 0 Å². The molecule has 1 saturated carbocycles. The fourth-order valence-electron chi connectivity index (χ4n) is 5.36. The van der Waals surface area contributed by atoms with Gasteiger partial charge in [-0.05, 0) is 55.1 Å². The van der Waals surface area contributed by atoms with Crippen molar-refractivity contribution in [2.75, 3.05) is 13.2 Å². The van der Waals surface area contributed by atoms with Crippen molar-refractivity contribution in [3.63, 3.8) is 0 Å². The highest BCUT2D eigenvalue weighted by Crippen LogP contribution is 2.47. The summed E-state index contributed by atoms with van der Waals surface area (Å²) in [4.78, 5) is 0. The molecule has 3 fully saturated rings. The molecular weight excluding hydrogens is 344 g/mol. The number of hydrazone groups is 1. The fourth-order valence-corrected chi connectivity index (χ4v) is 5.36. The maximum atomic E-state index is 6.60. The lowest BCUT2D eigenvalue weighted by Crippen LogP contribution is -2.54. The van der Waals surface area contributed by atoms with Crippen LogP contribution in [0.3, 0.4) is 0 Å². The topological polar surface area (TPSA) is 24.6 Å². The number of hydrogen-bond donors (Lipinski definition) is 0. The summed E-state index contributed by atoms with van der Waals surface area (Å²) in [5, 5.41) is 7.18. The van der Waals surface area contributed by atoms with E-state index in [0.717, 1.165) is 19.6 Å². The Morgan fingerprint density at radius 2 is 1.71 bits per heavy atom. The lowest BCUT2D eigenvalue weighted by molar-refractivity contribution is -0.121. The normalized spacial score (nSPS) is 32.3. The van der Waals surface area contributed by atoms with E-state index in [9.17, 15) is 0 Å². The third-order valence-electron chi connectivity index (χ3n) is 6.93. The molecule has 2 aromatic carbocycles. The second-order valence-electron chi connectivity index (χ2n) is 8.65. The minimum Gasteiger partial charge on any atom is -0.369 e. The number of ether oxygens (including phenoxy) is 1. The van der Waals surface area contributed by atoms with Gasteiger partial charge in [0.25, 0.3) is 0 Å². The van der Waals surface area contributed by atoms with Crippen LogP contribution in [0.5, 0.6) is 0 Å². The first-order valence-corrected chi connectivity index (χ1v) is 10.9. The van der Waals surface area contributed by atoms with Gasteiger partial charge >= 0.3 is 0 Å². The molecule has 3 nitrogen and oxygen atoms in total. The number of nitrogens with zero attached hydrogens (tertiary/aromatic N) is 2. The van der Waals surface area contributed by atoms with Crippen molar-refractivity contribution in [3.05, 3.63) is 71.8 Å². The highest BCUT2D eigenvalue weighted by atomic mass is 16.5. The van der Waals surface area contributed by atoms with E-state index in [-0.39, 0.29) is 5.60 Å². The summed E-state index contributed by atoms with van der Waals surface area (Å²) in [6, 6.07) is 22.1. The molecule has 2 aliphatic heterocycles. The van der Waals surface area contributed by atoms with Gasteiger partial charge in [-0.2, -0.15) is 5.10 Å². The number of rotatable bonds is 5. The molecule has 0 spiro atoms. The Hall–Kier alpha value is -2.13. The minimum atomic E-state index is -0.184. The zero-order chi connectivity index (χ0) is 18.8. The summed E-state index contributed by atoms with van der Waals surface area (Å²) in [6.45, 7) is 1.89. The summed E-state index contributed by atoms with van der Waals surface area (Å²) in [7, 11) is 0. The summed E-state index contributed by atoms with van der Waals surface area (Å²) in [5.74, 6) is 1.13. The fraction of sp³-hybridized carbons (Fsp3) is 0.480. The van der Waals surface area contributed by atoms with Gasteiger partial charge in [0.15, 0.2) is 0 Å². The number of benzene rings is 2. The highest BCUT2D eigenvalue weighted by molar-refractivity contribution is 5.70. The maximum absolute atomic E-state index is 6.60. The molecule has 2 aromatic rings. The van der Waals surface area contributed by atoms with Crippen LogP contribution in [0.25, 0.3) is 0 Å². The van der Waals surface area contributed by atoms with Crippen molar-refractivity contribution in [1.82, 2.24) is 5.01 Å². The van der Waals surface area contributed by atoms with Crippen molar-refractivity contribution in [2.45, 2.75) is 50.2 Å². The molecule has 4 atom stereocenters. The van der Waals surface area contributed by atoms with Crippen molar-refractivity contribution in [3.8, 4) is 0 Å². The third kappa shape index (κ3) is 3.48. The molecule has 28 heavy (non-hydrogen) atoms. The van der Waals surface area contributed by atoms with Gasteiger partial charge in [0, 0.05) is 6.61 Å². The quantitative estimate of drug-likeness (QED) is 0.528. The Bertz CT molecular complexity index is 804. The Morgan fingerprint density at radius 1 is 0.964 bits per heavy atom. The summed E-state index contributed by atoms with van der Waals surface area (Å²) in [5.41, 5.74) is 2.60. The molecule has 3 heteroatoms. The second kappa shape index (κ2) is 7.71. The highest BCUT2D eigenvalue weighted by Gasteiger charge is 2.49. The van der Waals surface area contributed by atoms with E-state index in [1.807, 2.05) is 0 Å². The van der Waals surface area contributed by atoms with E-state index in [0.29, 0.717) is 17.9 Å². The zero-order valence-corrected chi connectivity index (χ0v) is 16.5.